The monoisotopic (exact) mass is 340 g/mol. The number of hydrogen-bond donors (Lipinski definition) is 1. The van der Waals surface area contributed by atoms with E-state index in [0.29, 0.717) is 32.8 Å². The second kappa shape index (κ2) is 6.41. The third-order valence-electron chi connectivity index (χ3n) is 3.50. The highest BCUT2D eigenvalue weighted by molar-refractivity contribution is 7.18. The maximum Gasteiger partial charge on any atom is 0.260 e. The van der Waals surface area contributed by atoms with Gasteiger partial charge >= 0.3 is 0 Å². The molecule has 1 aromatic carbocycles. The maximum atomic E-state index is 12.4. The van der Waals surface area contributed by atoms with E-state index in [1.165, 1.54) is 18.3 Å². The topological polar surface area (TPSA) is 72.2 Å². The van der Waals surface area contributed by atoms with E-state index in [4.69, 9.17) is 4.42 Å². The Morgan fingerprint density at radius 2 is 1.88 bits per heavy atom. The fraction of sp³-hybridized carbons (Fsp3) is 0.167. The van der Waals surface area contributed by atoms with E-state index in [1.54, 1.807) is 19.9 Å². The summed E-state index contributed by atoms with van der Waals surface area (Å²) in [5.74, 6) is 0.845. The number of rotatable bonds is 4. The molecule has 1 amide bonds. The van der Waals surface area contributed by atoms with Gasteiger partial charge in [-0.15, -0.1) is 0 Å². The van der Waals surface area contributed by atoms with E-state index in [0.717, 1.165) is 5.56 Å². The normalized spacial score (nSPS) is 10.6. The Morgan fingerprint density at radius 1 is 1.17 bits per heavy atom. The summed E-state index contributed by atoms with van der Waals surface area (Å²) in [7, 11) is 0. The molecule has 0 saturated heterocycles. The Bertz CT molecular complexity index is 910. The summed E-state index contributed by atoms with van der Waals surface area (Å²) in [4.78, 5) is 29.3. The molecule has 24 heavy (non-hydrogen) atoms. The molecule has 0 aliphatic heterocycles. The minimum atomic E-state index is -0.298. The van der Waals surface area contributed by atoms with Crippen molar-refractivity contribution < 1.29 is 14.0 Å². The van der Waals surface area contributed by atoms with E-state index in [1.807, 2.05) is 30.3 Å². The number of aryl methyl sites for hydroxylation is 2. The number of nitrogens with one attached hydrogen (secondary N) is 1. The minimum Gasteiger partial charge on any atom is -0.466 e. The number of benzene rings is 1. The lowest BCUT2D eigenvalue weighted by Crippen LogP contribution is -2.11. The molecule has 0 unspecified atom stereocenters. The second-order valence-corrected chi connectivity index (χ2v) is 6.40. The van der Waals surface area contributed by atoms with Gasteiger partial charge in [0.05, 0.1) is 16.1 Å². The number of ketones is 1. The van der Waals surface area contributed by atoms with Gasteiger partial charge in [-0.05, 0) is 19.9 Å². The highest BCUT2D eigenvalue weighted by Crippen LogP contribution is 2.32. The lowest BCUT2D eigenvalue weighted by Gasteiger charge is -1.99. The Morgan fingerprint density at radius 3 is 2.46 bits per heavy atom. The predicted molar refractivity (Wildman–Crippen MR) is 93.7 cm³/mol. The summed E-state index contributed by atoms with van der Waals surface area (Å²) in [6, 6.07) is 11.1. The fourth-order valence-electron chi connectivity index (χ4n) is 2.42. The molecule has 0 fully saturated rings. The first-order valence-corrected chi connectivity index (χ1v) is 8.23. The number of anilines is 1. The maximum absolute atomic E-state index is 12.4. The van der Waals surface area contributed by atoms with Crippen LogP contribution in [-0.2, 0) is 0 Å². The molecule has 0 aliphatic rings. The van der Waals surface area contributed by atoms with Crippen LogP contribution < -0.4 is 5.32 Å². The molecule has 122 valence electrons. The molecule has 6 heteroatoms. The van der Waals surface area contributed by atoms with Crippen LogP contribution in [0.25, 0.3) is 11.3 Å². The molecule has 0 spiro atoms. The van der Waals surface area contributed by atoms with Crippen LogP contribution in [0.15, 0.2) is 40.8 Å². The molecule has 0 bridgehead atoms. The number of carbonyl (C=O) groups excluding carboxylic acids is 2. The van der Waals surface area contributed by atoms with Crippen molar-refractivity contribution >= 4 is 28.2 Å². The van der Waals surface area contributed by atoms with Crippen LogP contribution in [0.2, 0.25) is 0 Å². The quantitative estimate of drug-likeness (QED) is 0.711. The number of furan rings is 1. The van der Waals surface area contributed by atoms with Crippen molar-refractivity contribution in [2.45, 2.75) is 20.8 Å². The third kappa shape index (κ3) is 3.14. The molecule has 1 N–H and O–H groups in total. The molecular weight excluding hydrogens is 324 g/mol. The lowest BCUT2D eigenvalue weighted by molar-refractivity contribution is 0.101. The van der Waals surface area contributed by atoms with Crippen LogP contribution in [0.5, 0.6) is 0 Å². The van der Waals surface area contributed by atoms with Crippen molar-refractivity contribution in [2.75, 3.05) is 5.32 Å². The van der Waals surface area contributed by atoms with Gasteiger partial charge in [0, 0.05) is 12.5 Å². The van der Waals surface area contributed by atoms with Crippen LogP contribution in [0.3, 0.4) is 0 Å². The van der Waals surface area contributed by atoms with Crippen LogP contribution in [0.1, 0.15) is 38.5 Å². The van der Waals surface area contributed by atoms with Gasteiger partial charge in [0.25, 0.3) is 5.91 Å². The van der Waals surface area contributed by atoms with Gasteiger partial charge in [-0.2, -0.15) is 0 Å². The SMILES string of the molecule is CC(=O)c1sc(NC(=O)c2cc(C)oc2C)nc1-c1ccccc1. The minimum absolute atomic E-state index is 0.0813. The Labute approximate surface area is 143 Å². The standard InChI is InChI=1S/C18H16N2O3S/c1-10-9-14(12(3)23-10)17(22)20-18-19-15(16(24-18)11(2)21)13-7-5-4-6-8-13/h4-9H,1-3H3,(H,19,20,22). The van der Waals surface area contributed by atoms with Crippen molar-refractivity contribution in [1.82, 2.24) is 4.98 Å². The second-order valence-electron chi connectivity index (χ2n) is 5.40. The Hall–Kier alpha value is -2.73. The summed E-state index contributed by atoms with van der Waals surface area (Å²) in [6.45, 7) is 5.02. The number of aromatic nitrogens is 1. The average molecular weight is 340 g/mol. The molecule has 3 rings (SSSR count). The van der Waals surface area contributed by atoms with Crippen LogP contribution in [-0.4, -0.2) is 16.7 Å². The highest BCUT2D eigenvalue weighted by Gasteiger charge is 2.20. The molecule has 5 nitrogen and oxygen atoms in total. The van der Waals surface area contributed by atoms with E-state index in [2.05, 4.69) is 10.3 Å². The van der Waals surface area contributed by atoms with Crippen molar-refractivity contribution in [2.24, 2.45) is 0 Å². The first-order chi connectivity index (χ1) is 11.5. The summed E-state index contributed by atoms with van der Waals surface area (Å²) in [5, 5.41) is 3.15. The summed E-state index contributed by atoms with van der Waals surface area (Å²) in [6.07, 6.45) is 0. The number of hydrogen-bond acceptors (Lipinski definition) is 5. The number of carbonyl (C=O) groups is 2. The van der Waals surface area contributed by atoms with Gasteiger partial charge in [-0.25, -0.2) is 4.98 Å². The van der Waals surface area contributed by atoms with Crippen molar-refractivity contribution in [1.29, 1.82) is 0 Å². The Kier molecular flexibility index (Phi) is 4.31. The number of Topliss-reactive ketones (excluding diaryl/α,β-unsaturated/α-hetero) is 1. The van der Waals surface area contributed by atoms with Gasteiger partial charge in [0.15, 0.2) is 10.9 Å². The van der Waals surface area contributed by atoms with Gasteiger partial charge in [-0.3, -0.25) is 14.9 Å². The van der Waals surface area contributed by atoms with Crippen molar-refractivity contribution in [3.63, 3.8) is 0 Å². The van der Waals surface area contributed by atoms with Crippen LogP contribution in [0, 0.1) is 13.8 Å². The largest absolute Gasteiger partial charge is 0.466 e. The molecule has 2 heterocycles. The first-order valence-electron chi connectivity index (χ1n) is 7.41. The molecule has 0 saturated carbocycles. The number of nitrogens with zero attached hydrogens (tertiary/aromatic N) is 1. The molecule has 2 aromatic heterocycles. The fourth-order valence-corrected chi connectivity index (χ4v) is 3.30. The van der Waals surface area contributed by atoms with Gasteiger partial charge in [0.1, 0.15) is 11.5 Å². The zero-order valence-corrected chi connectivity index (χ0v) is 14.4. The van der Waals surface area contributed by atoms with E-state index < -0.39 is 0 Å². The third-order valence-corrected chi connectivity index (χ3v) is 4.57. The smallest absolute Gasteiger partial charge is 0.260 e. The van der Waals surface area contributed by atoms with E-state index >= 15 is 0 Å². The lowest BCUT2D eigenvalue weighted by atomic mass is 10.1. The van der Waals surface area contributed by atoms with E-state index in [-0.39, 0.29) is 11.7 Å². The van der Waals surface area contributed by atoms with Gasteiger partial charge in [-0.1, -0.05) is 41.7 Å². The first kappa shape index (κ1) is 16.1. The summed E-state index contributed by atoms with van der Waals surface area (Å²) in [5.41, 5.74) is 1.90. The summed E-state index contributed by atoms with van der Waals surface area (Å²) < 4.78 is 5.38. The Balaban J connectivity index is 1.94. The molecule has 0 aliphatic carbocycles. The average Bonchev–Trinajstić information content (AvgIpc) is 3.11. The van der Waals surface area contributed by atoms with Gasteiger partial charge in [0.2, 0.25) is 0 Å². The van der Waals surface area contributed by atoms with Crippen LogP contribution in [0.4, 0.5) is 5.13 Å². The van der Waals surface area contributed by atoms with Gasteiger partial charge < -0.3 is 4.42 Å². The molecule has 0 radical (unpaired) electrons. The van der Waals surface area contributed by atoms with Crippen molar-refractivity contribution in [3.8, 4) is 11.3 Å². The number of amides is 1. The predicted octanol–water partition coefficient (Wildman–Crippen LogP) is 4.47. The molecular formula is C18H16N2O3S. The van der Waals surface area contributed by atoms with Crippen molar-refractivity contribution in [3.05, 3.63) is 58.4 Å². The summed E-state index contributed by atoms with van der Waals surface area (Å²) >= 11 is 1.17. The highest BCUT2D eigenvalue weighted by atomic mass is 32.1. The van der Waals surface area contributed by atoms with Crippen LogP contribution >= 0.6 is 11.3 Å². The molecule has 0 atom stereocenters. The zero-order chi connectivity index (χ0) is 17.3. The van der Waals surface area contributed by atoms with E-state index in [9.17, 15) is 9.59 Å². The number of thiazole rings is 1. The zero-order valence-electron chi connectivity index (χ0n) is 13.5. The molecule has 3 aromatic rings.